The molecule has 0 radical (unpaired) electrons. The maximum Gasteiger partial charge on any atom is 0.234 e. The molecule has 1 aliphatic rings. The minimum Gasteiger partial charge on any atom is -0.467 e. The van der Waals surface area contributed by atoms with Crippen LogP contribution in [0.25, 0.3) is 11.0 Å². The molecule has 0 aliphatic carbocycles. The Hall–Kier alpha value is -2.18. The summed E-state index contributed by atoms with van der Waals surface area (Å²) in [4.78, 5) is 26.7. The van der Waals surface area contributed by atoms with Crippen molar-refractivity contribution >= 4 is 40.2 Å². The fourth-order valence-electron chi connectivity index (χ4n) is 2.74. The van der Waals surface area contributed by atoms with E-state index < -0.39 is 5.37 Å². The third kappa shape index (κ3) is 2.61. The van der Waals surface area contributed by atoms with Crippen molar-refractivity contribution < 1.29 is 13.6 Å². The summed E-state index contributed by atoms with van der Waals surface area (Å²) in [5, 5.41) is 0.481. The number of hydrogen-bond donors (Lipinski definition) is 0. The third-order valence-corrected chi connectivity index (χ3v) is 5.37. The van der Waals surface area contributed by atoms with Gasteiger partial charge in [-0.25, -0.2) is 0 Å². The van der Waals surface area contributed by atoms with Crippen LogP contribution < -0.4 is 5.43 Å². The number of rotatable bonds is 3. The summed E-state index contributed by atoms with van der Waals surface area (Å²) in [5.74, 6) is 0.953. The van der Waals surface area contributed by atoms with Gasteiger partial charge in [-0.1, -0.05) is 11.6 Å². The molecule has 5 nitrogen and oxygen atoms in total. The van der Waals surface area contributed by atoms with Crippen molar-refractivity contribution in [1.82, 2.24) is 4.90 Å². The molecule has 1 atom stereocenters. The summed E-state index contributed by atoms with van der Waals surface area (Å²) in [5.41, 5.74) is 0.739. The number of carbonyl (C=O) groups excluding carboxylic acids is 1. The van der Waals surface area contributed by atoms with Crippen molar-refractivity contribution in [3.63, 3.8) is 0 Å². The van der Waals surface area contributed by atoms with Gasteiger partial charge in [-0.05, 0) is 30.3 Å². The standard InChI is InChI=1S/C17H12ClNO4S/c18-10-3-4-14-12(6-10)16(21)13(8-23-14)17-19(15(20)9-24-17)7-11-2-1-5-22-11/h1-6,8,17H,7,9H2. The zero-order chi connectivity index (χ0) is 16.7. The minimum absolute atomic E-state index is 0.0352. The van der Waals surface area contributed by atoms with E-state index in [4.69, 9.17) is 20.4 Å². The first kappa shape index (κ1) is 15.4. The normalized spacial score (nSPS) is 17.8. The van der Waals surface area contributed by atoms with Crippen molar-refractivity contribution in [2.24, 2.45) is 0 Å². The lowest BCUT2D eigenvalue weighted by atomic mass is 10.1. The molecule has 3 aromatic rings. The molecular formula is C17H12ClNO4S. The number of thioether (sulfide) groups is 1. The summed E-state index contributed by atoms with van der Waals surface area (Å²) >= 11 is 7.39. The van der Waals surface area contributed by atoms with E-state index in [0.717, 1.165) is 0 Å². The van der Waals surface area contributed by atoms with E-state index in [9.17, 15) is 9.59 Å². The number of hydrogen-bond acceptors (Lipinski definition) is 5. The van der Waals surface area contributed by atoms with E-state index in [1.54, 1.807) is 41.5 Å². The maximum absolute atomic E-state index is 12.8. The Balaban J connectivity index is 1.76. The Labute approximate surface area is 146 Å². The molecule has 4 rings (SSSR count). The quantitative estimate of drug-likeness (QED) is 0.709. The molecule has 0 spiro atoms. The second-order valence-electron chi connectivity index (χ2n) is 5.43. The monoisotopic (exact) mass is 361 g/mol. The van der Waals surface area contributed by atoms with Gasteiger partial charge in [0.25, 0.3) is 0 Å². The maximum atomic E-state index is 12.8. The van der Waals surface area contributed by atoms with Crippen LogP contribution in [0.4, 0.5) is 0 Å². The van der Waals surface area contributed by atoms with Gasteiger partial charge in [0.05, 0.1) is 29.5 Å². The van der Waals surface area contributed by atoms with Crippen molar-refractivity contribution in [3.8, 4) is 0 Å². The Bertz CT molecular complexity index is 966. The van der Waals surface area contributed by atoms with Crippen LogP contribution in [0.2, 0.25) is 5.02 Å². The number of amides is 1. The van der Waals surface area contributed by atoms with Crippen molar-refractivity contribution in [2.75, 3.05) is 5.75 Å². The molecule has 0 bridgehead atoms. The average Bonchev–Trinajstić information content (AvgIpc) is 3.20. The minimum atomic E-state index is -0.401. The molecular weight excluding hydrogens is 350 g/mol. The van der Waals surface area contributed by atoms with E-state index in [2.05, 4.69) is 0 Å². The van der Waals surface area contributed by atoms with Gasteiger partial charge in [-0.3, -0.25) is 9.59 Å². The van der Waals surface area contributed by atoms with E-state index in [0.29, 0.717) is 39.6 Å². The number of nitrogens with zero attached hydrogens (tertiary/aromatic N) is 1. The van der Waals surface area contributed by atoms with Crippen LogP contribution in [-0.4, -0.2) is 16.6 Å². The zero-order valence-corrected chi connectivity index (χ0v) is 14.0. The van der Waals surface area contributed by atoms with E-state index >= 15 is 0 Å². The molecule has 0 N–H and O–H groups in total. The molecule has 2 aromatic heterocycles. The Morgan fingerprint density at radius 2 is 2.12 bits per heavy atom. The van der Waals surface area contributed by atoms with E-state index in [1.807, 2.05) is 0 Å². The summed E-state index contributed by atoms with van der Waals surface area (Å²) in [6.07, 6.45) is 2.99. The number of carbonyl (C=O) groups is 1. The predicted molar refractivity (Wildman–Crippen MR) is 92.0 cm³/mol. The highest BCUT2D eigenvalue weighted by Crippen LogP contribution is 2.38. The third-order valence-electron chi connectivity index (χ3n) is 3.90. The molecule has 122 valence electrons. The van der Waals surface area contributed by atoms with Crippen LogP contribution >= 0.6 is 23.4 Å². The second kappa shape index (κ2) is 6.03. The summed E-state index contributed by atoms with van der Waals surface area (Å²) in [6, 6.07) is 8.49. The molecule has 0 saturated carbocycles. The lowest BCUT2D eigenvalue weighted by Gasteiger charge is -2.22. The van der Waals surface area contributed by atoms with Crippen LogP contribution in [0, 0.1) is 0 Å². The highest BCUT2D eigenvalue weighted by Gasteiger charge is 2.35. The van der Waals surface area contributed by atoms with Crippen LogP contribution in [0.3, 0.4) is 0 Å². The Morgan fingerprint density at radius 1 is 1.25 bits per heavy atom. The fourth-order valence-corrected chi connectivity index (χ4v) is 4.09. The number of fused-ring (bicyclic) bond motifs is 1. The highest BCUT2D eigenvalue weighted by molar-refractivity contribution is 8.00. The molecule has 1 saturated heterocycles. The van der Waals surface area contributed by atoms with Gasteiger partial charge in [0, 0.05) is 5.02 Å². The molecule has 1 aromatic carbocycles. The van der Waals surface area contributed by atoms with Gasteiger partial charge in [0.1, 0.15) is 23.0 Å². The van der Waals surface area contributed by atoms with Crippen molar-refractivity contribution in [1.29, 1.82) is 0 Å². The summed E-state index contributed by atoms with van der Waals surface area (Å²) in [6.45, 7) is 0.316. The van der Waals surface area contributed by atoms with Crippen molar-refractivity contribution in [2.45, 2.75) is 11.9 Å². The average molecular weight is 362 g/mol. The molecule has 1 unspecified atom stereocenters. The molecule has 3 heterocycles. The lowest BCUT2D eigenvalue weighted by Crippen LogP contribution is -2.29. The Kier molecular flexibility index (Phi) is 3.86. The molecule has 1 aliphatic heterocycles. The van der Waals surface area contributed by atoms with Gasteiger partial charge in [0.2, 0.25) is 5.91 Å². The van der Waals surface area contributed by atoms with E-state index in [-0.39, 0.29) is 11.3 Å². The molecule has 1 fully saturated rings. The largest absolute Gasteiger partial charge is 0.467 e. The first-order valence-corrected chi connectivity index (χ1v) is 8.70. The predicted octanol–water partition coefficient (Wildman–Crippen LogP) is 3.81. The van der Waals surface area contributed by atoms with Gasteiger partial charge >= 0.3 is 0 Å². The number of furan rings is 1. The number of halogens is 1. The first-order valence-electron chi connectivity index (χ1n) is 7.28. The molecule has 7 heteroatoms. The summed E-state index contributed by atoms with van der Waals surface area (Å²) < 4.78 is 10.9. The SMILES string of the molecule is O=C1CSC(c2coc3ccc(Cl)cc3c2=O)N1Cc1ccco1. The molecule has 1 amide bonds. The van der Waals surface area contributed by atoms with Gasteiger partial charge in [0.15, 0.2) is 5.43 Å². The van der Waals surface area contributed by atoms with Crippen molar-refractivity contribution in [3.05, 3.63) is 69.4 Å². The fraction of sp³-hybridized carbons (Fsp3) is 0.176. The highest BCUT2D eigenvalue weighted by atomic mass is 35.5. The van der Waals surface area contributed by atoms with Gasteiger partial charge in [-0.2, -0.15) is 0 Å². The van der Waals surface area contributed by atoms with Crippen LogP contribution in [0.1, 0.15) is 16.7 Å². The van der Waals surface area contributed by atoms with Crippen LogP contribution in [0.5, 0.6) is 0 Å². The van der Waals surface area contributed by atoms with E-state index in [1.165, 1.54) is 18.0 Å². The summed E-state index contributed by atoms with van der Waals surface area (Å²) in [7, 11) is 0. The smallest absolute Gasteiger partial charge is 0.234 e. The first-order chi connectivity index (χ1) is 11.6. The van der Waals surface area contributed by atoms with Gasteiger partial charge < -0.3 is 13.7 Å². The number of benzene rings is 1. The Morgan fingerprint density at radius 3 is 2.92 bits per heavy atom. The topological polar surface area (TPSA) is 63.7 Å². The van der Waals surface area contributed by atoms with Crippen LogP contribution in [0.15, 0.2) is 56.5 Å². The molecule has 24 heavy (non-hydrogen) atoms. The van der Waals surface area contributed by atoms with Crippen LogP contribution in [-0.2, 0) is 11.3 Å². The lowest BCUT2D eigenvalue weighted by molar-refractivity contribution is -0.128. The zero-order valence-electron chi connectivity index (χ0n) is 12.4. The second-order valence-corrected chi connectivity index (χ2v) is 6.93. The van der Waals surface area contributed by atoms with Gasteiger partial charge in [-0.15, -0.1) is 11.8 Å².